The van der Waals surface area contributed by atoms with Crippen molar-refractivity contribution < 1.29 is 9.90 Å². The fourth-order valence-electron chi connectivity index (χ4n) is 3.12. The minimum absolute atomic E-state index is 0.161. The van der Waals surface area contributed by atoms with Gasteiger partial charge in [0.05, 0.1) is 11.8 Å². The van der Waals surface area contributed by atoms with Crippen molar-refractivity contribution in [1.29, 1.82) is 0 Å². The van der Waals surface area contributed by atoms with E-state index >= 15 is 0 Å². The second-order valence-electron chi connectivity index (χ2n) is 6.37. The van der Waals surface area contributed by atoms with E-state index in [0.29, 0.717) is 19.0 Å². The summed E-state index contributed by atoms with van der Waals surface area (Å²) in [5, 5.41) is 19.6. The van der Waals surface area contributed by atoms with Gasteiger partial charge in [-0.25, -0.2) is 9.48 Å². The smallest absolute Gasteiger partial charge is 0.315 e. The molecule has 3 rings (SSSR count). The normalized spacial score (nSPS) is 20.5. The zero-order valence-corrected chi connectivity index (χ0v) is 13.7. The predicted molar refractivity (Wildman–Crippen MR) is 91.8 cm³/mol. The van der Waals surface area contributed by atoms with Gasteiger partial charge in [-0.3, -0.25) is 0 Å². The summed E-state index contributed by atoms with van der Waals surface area (Å²) in [4.78, 5) is 11.9. The lowest BCUT2D eigenvalue weighted by Crippen LogP contribution is -2.39. The van der Waals surface area contributed by atoms with E-state index in [0.717, 1.165) is 36.9 Å². The van der Waals surface area contributed by atoms with Crippen LogP contribution in [0.4, 0.5) is 4.79 Å². The standard InChI is InChI=1S/C18H24N4O2/c23-17-4-1-3-15(11-17)13-20-18(24)19-12-14-5-7-16(8-6-14)22-10-2-9-21-22/h2,5-10,15,17,23H,1,3-4,11-13H2,(H2,19,20,24). The third-order valence-electron chi connectivity index (χ3n) is 4.46. The van der Waals surface area contributed by atoms with Crippen LogP contribution in [0.2, 0.25) is 0 Å². The molecule has 1 aliphatic rings. The highest BCUT2D eigenvalue weighted by molar-refractivity contribution is 5.73. The highest BCUT2D eigenvalue weighted by Crippen LogP contribution is 2.23. The molecule has 1 aromatic carbocycles. The van der Waals surface area contributed by atoms with Crippen LogP contribution in [0.3, 0.4) is 0 Å². The van der Waals surface area contributed by atoms with Gasteiger partial charge in [0, 0.05) is 25.5 Å². The van der Waals surface area contributed by atoms with Gasteiger partial charge in [-0.05, 0) is 48.9 Å². The van der Waals surface area contributed by atoms with Crippen LogP contribution in [-0.4, -0.2) is 33.6 Å². The number of urea groups is 1. The van der Waals surface area contributed by atoms with Gasteiger partial charge >= 0.3 is 6.03 Å². The van der Waals surface area contributed by atoms with E-state index in [4.69, 9.17) is 0 Å². The molecule has 1 fully saturated rings. The molecule has 6 nitrogen and oxygen atoms in total. The van der Waals surface area contributed by atoms with Crippen molar-refractivity contribution in [1.82, 2.24) is 20.4 Å². The number of aromatic nitrogens is 2. The van der Waals surface area contributed by atoms with Crippen LogP contribution in [0.25, 0.3) is 5.69 Å². The van der Waals surface area contributed by atoms with E-state index in [9.17, 15) is 9.90 Å². The molecule has 0 spiro atoms. The molecule has 24 heavy (non-hydrogen) atoms. The summed E-state index contributed by atoms with van der Waals surface area (Å²) in [6.45, 7) is 1.11. The van der Waals surface area contributed by atoms with Crippen LogP contribution in [0.1, 0.15) is 31.2 Å². The van der Waals surface area contributed by atoms with Crippen molar-refractivity contribution in [3.63, 3.8) is 0 Å². The van der Waals surface area contributed by atoms with Gasteiger partial charge in [0.2, 0.25) is 0 Å². The number of nitrogens with zero attached hydrogens (tertiary/aromatic N) is 2. The molecule has 128 valence electrons. The first kappa shape index (κ1) is 16.5. The van der Waals surface area contributed by atoms with Crippen molar-refractivity contribution in [3.05, 3.63) is 48.3 Å². The largest absolute Gasteiger partial charge is 0.393 e. The number of rotatable bonds is 5. The number of aliphatic hydroxyl groups is 1. The molecule has 2 amide bonds. The van der Waals surface area contributed by atoms with Crippen LogP contribution in [0, 0.1) is 5.92 Å². The molecule has 2 atom stereocenters. The first-order valence-corrected chi connectivity index (χ1v) is 8.49. The summed E-state index contributed by atoms with van der Waals surface area (Å²) >= 11 is 0. The lowest BCUT2D eigenvalue weighted by Gasteiger charge is -2.25. The maximum absolute atomic E-state index is 11.9. The molecule has 0 saturated heterocycles. The van der Waals surface area contributed by atoms with E-state index in [1.54, 1.807) is 10.9 Å². The number of carbonyl (C=O) groups is 1. The number of hydrogen-bond acceptors (Lipinski definition) is 3. The van der Waals surface area contributed by atoms with Gasteiger partial charge in [0.15, 0.2) is 0 Å². The summed E-state index contributed by atoms with van der Waals surface area (Å²) in [7, 11) is 0. The van der Waals surface area contributed by atoms with Crippen LogP contribution >= 0.6 is 0 Å². The average Bonchev–Trinajstić information content (AvgIpc) is 3.13. The molecule has 0 radical (unpaired) electrons. The number of hydrogen-bond donors (Lipinski definition) is 3. The molecule has 1 saturated carbocycles. The zero-order valence-electron chi connectivity index (χ0n) is 13.7. The van der Waals surface area contributed by atoms with Gasteiger partial charge in [-0.15, -0.1) is 0 Å². The third-order valence-corrected chi connectivity index (χ3v) is 4.46. The Morgan fingerprint density at radius 3 is 2.79 bits per heavy atom. The predicted octanol–water partition coefficient (Wildman–Crippen LogP) is 2.22. The maximum atomic E-state index is 11.9. The Kier molecular flexibility index (Phi) is 5.48. The molecule has 2 aromatic rings. The van der Waals surface area contributed by atoms with Crippen LogP contribution in [-0.2, 0) is 6.54 Å². The second-order valence-corrected chi connectivity index (χ2v) is 6.37. The van der Waals surface area contributed by atoms with Crippen molar-refractivity contribution in [2.24, 2.45) is 5.92 Å². The lowest BCUT2D eigenvalue weighted by molar-refractivity contribution is 0.101. The Bertz CT molecular complexity index is 640. The number of benzene rings is 1. The Balaban J connectivity index is 1.41. The highest BCUT2D eigenvalue weighted by atomic mass is 16.3. The maximum Gasteiger partial charge on any atom is 0.315 e. The van der Waals surface area contributed by atoms with Crippen molar-refractivity contribution in [2.75, 3.05) is 6.54 Å². The molecule has 2 unspecified atom stereocenters. The van der Waals surface area contributed by atoms with Crippen LogP contribution < -0.4 is 10.6 Å². The van der Waals surface area contributed by atoms with E-state index in [2.05, 4.69) is 15.7 Å². The Morgan fingerprint density at radius 1 is 1.25 bits per heavy atom. The molecule has 0 bridgehead atoms. The molecular formula is C18H24N4O2. The highest BCUT2D eigenvalue weighted by Gasteiger charge is 2.20. The Hall–Kier alpha value is -2.34. The van der Waals surface area contributed by atoms with Gasteiger partial charge < -0.3 is 15.7 Å². The van der Waals surface area contributed by atoms with Crippen LogP contribution in [0.15, 0.2) is 42.7 Å². The molecule has 3 N–H and O–H groups in total. The van der Waals surface area contributed by atoms with Crippen LogP contribution in [0.5, 0.6) is 0 Å². The van der Waals surface area contributed by atoms with Gasteiger partial charge in [0.1, 0.15) is 0 Å². The van der Waals surface area contributed by atoms with Gasteiger partial charge in [-0.1, -0.05) is 18.6 Å². The monoisotopic (exact) mass is 328 g/mol. The summed E-state index contributed by atoms with van der Waals surface area (Å²) in [6, 6.07) is 9.64. The fourth-order valence-corrected chi connectivity index (χ4v) is 3.12. The zero-order chi connectivity index (χ0) is 16.8. The van der Waals surface area contributed by atoms with Gasteiger partial charge in [0.25, 0.3) is 0 Å². The van der Waals surface area contributed by atoms with Crippen molar-refractivity contribution in [3.8, 4) is 5.69 Å². The van der Waals surface area contributed by atoms with E-state index in [-0.39, 0.29) is 12.1 Å². The summed E-state index contributed by atoms with van der Waals surface area (Å²) in [5.41, 5.74) is 2.03. The molecule has 1 aliphatic carbocycles. The van der Waals surface area contributed by atoms with Crippen molar-refractivity contribution >= 4 is 6.03 Å². The van der Waals surface area contributed by atoms with E-state index in [1.165, 1.54) is 0 Å². The number of amides is 2. The quantitative estimate of drug-likeness (QED) is 0.787. The molecule has 1 aromatic heterocycles. The molecule has 6 heteroatoms. The first-order chi connectivity index (χ1) is 11.7. The number of nitrogens with one attached hydrogen (secondary N) is 2. The minimum Gasteiger partial charge on any atom is -0.393 e. The summed E-state index contributed by atoms with van der Waals surface area (Å²) in [6.07, 6.45) is 7.21. The van der Waals surface area contributed by atoms with Crippen molar-refractivity contribution in [2.45, 2.75) is 38.3 Å². The number of carbonyl (C=O) groups excluding carboxylic acids is 1. The average molecular weight is 328 g/mol. The molecule has 1 heterocycles. The lowest BCUT2D eigenvalue weighted by atomic mass is 9.87. The Labute approximate surface area is 141 Å². The molecular weight excluding hydrogens is 304 g/mol. The van der Waals surface area contributed by atoms with E-state index < -0.39 is 0 Å². The van der Waals surface area contributed by atoms with Gasteiger partial charge in [-0.2, -0.15) is 5.10 Å². The fraction of sp³-hybridized carbons (Fsp3) is 0.444. The topological polar surface area (TPSA) is 79.2 Å². The summed E-state index contributed by atoms with van der Waals surface area (Å²) in [5.74, 6) is 0.382. The molecule has 0 aliphatic heterocycles. The number of aliphatic hydroxyl groups excluding tert-OH is 1. The summed E-state index contributed by atoms with van der Waals surface area (Å²) < 4.78 is 1.79. The Morgan fingerprint density at radius 2 is 2.08 bits per heavy atom. The second kappa shape index (κ2) is 7.97. The minimum atomic E-state index is -0.207. The first-order valence-electron chi connectivity index (χ1n) is 8.49. The van der Waals surface area contributed by atoms with E-state index in [1.807, 2.05) is 36.5 Å². The SMILES string of the molecule is O=C(NCc1ccc(-n2cccn2)cc1)NCC1CCCC(O)C1. The third kappa shape index (κ3) is 4.58.